The van der Waals surface area contributed by atoms with Crippen molar-refractivity contribution in [1.29, 1.82) is 0 Å². The van der Waals surface area contributed by atoms with Crippen molar-refractivity contribution >= 4 is 47.5 Å². The molecule has 0 atom stereocenters. The van der Waals surface area contributed by atoms with E-state index in [9.17, 15) is 24.0 Å². The number of carbonyl (C=O) groups is 5. The van der Waals surface area contributed by atoms with Gasteiger partial charge < -0.3 is 26.6 Å². The number of hydrogen-bond acceptors (Lipinski definition) is 11. The van der Waals surface area contributed by atoms with Gasteiger partial charge in [-0.05, 0) is 78.6 Å². The summed E-state index contributed by atoms with van der Waals surface area (Å²) in [5, 5.41) is 24.8. The number of amides is 7. The van der Waals surface area contributed by atoms with E-state index in [1.54, 1.807) is 20.8 Å². The molecule has 298 valence electrons. The third kappa shape index (κ3) is 28.3. The quantitative estimate of drug-likeness (QED) is 0.0257. The van der Waals surface area contributed by atoms with Gasteiger partial charge in [0.25, 0.3) is 0 Å². The van der Waals surface area contributed by atoms with Crippen LogP contribution < -0.4 is 26.6 Å². The summed E-state index contributed by atoms with van der Waals surface area (Å²) in [6.07, 6.45) is 9.59. The first kappa shape index (κ1) is 47.6. The van der Waals surface area contributed by atoms with Crippen molar-refractivity contribution in [2.45, 2.75) is 138 Å². The molecule has 0 aliphatic heterocycles. The van der Waals surface area contributed by atoms with Gasteiger partial charge in [-0.15, -0.1) is 0 Å². The molecule has 0 bridgehead atoms. The van der Waals surface area contributed by atoms with Gasteiger partial charge in [-0.3, -0.25) is 14.5 Å². The number of hydrogen-bond donors (Lipinski definition) is 5. The lowest BCUT2D eigenvalue weighted by molar-refractivity contribution is 0.149. The number of carbonyl (C=O) groups excluding carboxylic acids is 5. The van der Waals surface area contributed by atoms with Gasteiger partial charge in [0.15, 0.2) is 0 Å². The van der Waals surface area contributed by atoms with Crippen molar-refractivity contribution in [3.05, 3.63) is 0 Å². The molecule has 0 saturated carbocycles. The molecule has 0 aliphatic carbocycles. The maximum absolute atomic E-state index is 13.0. The highest BCUT2D eigenvalue weighted by molar-refractivity contribution is 5.93. The predicted molar refractivity (Wildman–Crippen MR) is 203 cm³/mol. The van der Waals surface area contributed by atoms with Gasteiger partial charge in [0.1, 0.15) is 0 Å². The molecule has 0 aromatic rings. The summed E-state index contributed by atoms with van der Waals surface area (Å²) in [5.41, 5.74) is 2.19. The molecule has 17 nitrogen and oxygen atoms in total. The third-order valence-electron chi connectivity index (χ3n) is 7.75. The first-order valence-electron chi connectivity index (χ1n) is 18.8. The molecule has 0 unspecified atom stereocenters. The van der Waals surface area contributed by atoms with E-state index in [1.807, 2.05) is 20.8 Å². The van der Waals surface area contributed by atoms with Crippen LogP contribution in [0.25, 0.3) is 0 Å². The van der Waals surface area contributed by atoms with Gasteiger partial charge in [0.2, 0.25) is 0 Å². The summed E-state index contributed by atoms with van der Waals surface area (Å²) in [6.45, 7) is 13.6. The van der Waals surface area contributed by atoms with Gasteiger partial charge in [-0.1, -0.05) is 74.8 Å². The van der Waals surface area contributed by atoms with Crippen molar-refractivity contribution in [2.24, 2.45) is 15.5 Å². The summed E-state index contributed by atoms with van der Waals surface area (Å²) < 4.78 is 0. The fourth-order valence-electron chi connectivity index (χ4n) is 4.05. The zero-order valence-corrected chi connectivity index (χ0v) is 32.4. The van der Waals surface area contributed by atoms with Crippen LogP contribution in [0.4, 0.5) is 24.0 Å². The molecule has 0 rings (SSSR count). The molecule has 52 heavy (non-hydrogen) atoms. The lowest BCUT2D eigenvalue weighted by Crippen LogP contribution is -2.49. The van der Waals surface area contributed by atoms with Gasteiger partial charge >= 0.3 is 30.3 Å². The molecular weight excluding hydrogens is 674 g/mol. The monoisotopic (exact) mass is 739 g/mol. The van der Waals surface area contributed by atoms with Crippen molar-refractivity contribution < 1.29 is 38.5 Å². The van der Waals surface area contributed by atoms with E-state index < -0.39 is 30.3 Å². The van der Waals surface area contributed by atoms with Crippen molar-refractivity contribution in [1.82, 2.24) is 31.5 Å². The lowest BCUT2D eigenvalue weighted by atomic mass is 10.2. The SMILES string of the molecule is CC/C(C)=N/OC(=O)NCCCCCCNC(=O)N(CCCCCCNC(=O)O/N=C(\C)CC)C(=O)NCCCCCCNC(=O)O/N=C(\C)CC. The van der Waals surface area contributed by atoms with Crippen LogP contribution in [0.1, 0.15) is 138 Å². The van der Waals surface area contributed by atoms with Crippen LogP contribution in [-0.4, -0.2) is 91.6 Å². The molecule has 7 amide bonds. The molecular formula is C35H65N9O8. The molecule has 0 fully saturated rings. The number of nitrogens with zero attached hydrogens (tertiary/aromatic N) is 4. The number of nitrogens with one attached hydrogen (secondary N) is 5. The molecule has 17 heteroatoms. The lowest BCUT2D eigenvalue weighted by Gasteiger charge is -2.22. The minimum Gasteiger partial charge on any atom is -0.338 e. The van der Waals surface area contributed by atoms with E-state index in [1.165, 1.54) is 4.90 Å². The summed E-state index contributed by atoms with van der Waals surface area (Å²) in [6, 6.07) is -0.901. The van der Waals surface area contributed by atoms with Crippen molar-refractivity contribution in [2.75, 3.05) is 39.3 Å². The predicted octanol–water partition coefficient (Wildman–Crippen LogP) is 6.93. The highest BCUT2D eigenvalue weighted by Crippen LogP contribution is 2.05. The van der Waals surface area contributed by atoms with Gasteiger partial charge in [-0.25, -0.2) is 28.9 Å². The zero-order valence-electron chi connectivity index (χ0n) is 32.4. The highest BCUT2D eigenvalue weighted by atomic mass is 16.7. The molecule has 0 radical (unpaired) electrons. The second kappa shape index (κ2) is 32.5. The Hall–Kier alpha value is -4.44. The van der Waals surface area contributed by atoms with Crippen LogP contribution in [0.2, 0.25) is 0 Å². The van der Waals surface area contributed by atoms with Crippen LogP contribution in [0, 0.1) is 0 Å². The second-order valence-electron chi connectivity index (χ2n) is 12.3. The standard InChI is InChI=1S/C35H65N9O8/c1-7-28(4)41-50-33(47)38-24-18-12-10-16-22-36-31(45)44(27-21-15-14-20-26-40-35(49)52-43-30(6)9-3)32(46)37-23-17-11-13-19-25-39-34(48)51-42-29(5)8-2/h7-27H2,1-6H3,(H,36,45)(H,37,46)(H,38,47)(H,39,48)(H,40,49)/b41-28+,42-29+,43-30+. The fourth-order valence-corrected chi connectivity index (χ4v) is 4.05. The van der Waals surface area contributed by atoms with Gasteiger partial charge in [0.05, 0.1) is 17.1 Å². The maximum Gasteiger partial charge on any atom is 0.433 e. The smallest absolute Gasteiger partial charge is 0.338 e. The minimum absolute atomic E-state index is 0.255. The minimum atomic E-state index is -0.596. The van der Waals surface area contributed by atoms with Gasteiger partial charge in [-0.2, -0.15) is 0 Å². The maximum atomic E-state index is 13.0. The summed E-state index contributed by atoms with van der Waals surface area (Å²) in [5.74, 6) is 0. The number of oxime groups is 3. The molecule has 0 heterocycles. The fraction of sp³-hybridized carbons (Fsp3) is 0.771. The number of imide groups is 1. The van der Waals surface area contributed by atoms with E-state index in [0.717, 1.165) is 87.8 Å². The third-order valence-corrected chi connectivity index (χ3v) is 7.75. The van der Waals surface area contributed by atoms with Crippen LogP contribution in [0.5, 0.6) is 0 Å². The van der Waals surface area contributed by atoms with E-state index in [0.29, 0.717) is 58.4 Å². The highest BCUT2D eigenvalue weighted by Gasteiger charge is 2.20. The average Bonchev–Trinajstić information content (AvgIpc) is 3.14. The van der Waals surface area contributed by atoms with Crippen LogP contribution in [0.15, 0.2) is 15.5 Å². The zero-order chi connectivity index (χ0) is 38.8. The molecule has 0 saturated heterocycles. The largest absolute Gasteiger partial charge is 0.433 e. The molecule has 0 spiro atoms. The Morgan fingerprint density at radius 2 is 0.692 bits per heavy atom. The Balaban J connectivity index is 4.55. The Labute approximate surface area is 309 Å². The van der Waals surface area contributed by atoms with Crippen molar-refractivity contribution in [3.63, 3.8) is 0 Å². The van der Waals surface area contributed by atoms with E-state index in [2.05, 4.69) is 42.1 Å². The topological polar surface area (TPSA) is 214 Å². The Bertz CT molecular complexity index is 1070. The van der Waals surface area contributed by atoms with Gasteiger partial charge in [0, 0.05) is 39.3 Å². The van der Waals surface area contributed by atoms with E-state index in [-0.39, 0.29) is 6.54 Å². The second-order valence-corrected chi connectivity index (χ2v) is 12.3. The summed E-state index contributed by atoms with van der Waals surface area (Å²) >= 11 is 0. The van der Waals surface area contributed by atoms with Crippen LogP contribution in [0.3, 0.4) is 0 Å². The number of unbranched alkanes of at least 4 members (excludes halogenated alkanes) is 9. The molecule has 0 aromatic carbocycles. The Morgan fingerprint density at radius 3 is 0.981 bits per heavy atom. The number of urea groups is 2. The van der Waals surface area contributed by atoms with Crippen LogP contribution >= 0.6 is 0 Å². The summed E-state index contributed by atoms with van der Waals surface area (Å²) in [4.78, 5) is 76.5. The average molecular weight is 740 g/mol. The molecule has 0 aromatic heterocycles. The first-order chi connectivity index (χ1) is 25.0. The Kier molecular flexibility index (Phi) is 29.7. The van der Waals surface area contributed by atoms with Crippen LogP contribution in [-0.2, 0) is 14.5 Å². The first-order valence-corrected chi connectivity index (χ1v) is 18.8. The molecule has 5 N–H and O–H groups in total. The summed E-state index contributed by atoms with van der Waals surface area (Å²) in [7, 11) is 0. The van der Waals surface area contributed by atoms with E-state index in [4.69, 9.17) is 14.5 Å². The normalized spacial score (nSPS) is 11.7. The molecule has 0 aliphatic rings. The van der Waals surface area contributed by atoms with E-state index >= 15 is 0 Å². The number of rotatable bonds is 27. The Morgan fingerprint density at radius 1 is 0.423 bits per heavy atom. The van der Waals surface area contributed by atoms with Crippen molar-refractivity contribution in [3.8, 4) is 0 Å².